The number of carbonyl (C=O) groups excluding carboxylic acids is 1. The number of aromatic nitrogens is 3. The highest BCUT2D eigenvalue weighted by Gasteiger charge is 2.54. The summed E-state index contributed by atoms with van der Waals surface area (Å²) < 4.78 is 11.1. The largest absolute Gasteiger partial charge is 0.469 e. The minimum absolute atomic E-state index is 0.0184. The number of H-pyrrole nitrogens is 1. The number of aryl methyl sites for hydroxylation is 2. The zero-order chi connectivity index (χ0) is 15.9. The van der Waals surface area contributed by atoms with E-state index in [4.69, 9.17) is 9.15 Å². The number of aromatic amines is 1. The van der Waals surface area contributed by atoms with Crippen LogP contribution in [-0.4, -0.2) is 33.3 Å². The summed E-state index contributed by atoms with van der Waals surface area (Å²) in [5, 5.41) is 9.77. The van der Waals surface area contributed by atoms with E-state index in [2.05, 4.69) is 20.5 Å². The highest BCUT2D eigenvalue weighted by molar-refractivity contribution is 5.94. The number of nitrogens with one attached hydrogen (secondary N) is 2. The van der Waals surface area contributed by atoms with Crippen molar-refractivity contribution >= 4 is 11.9 Å². The van der Waals surface area contributed by atoms with Crippen molar-refractivity contribution in [1.29, 1.82) is 0 Å². The Bertz CT molecular complexity index is 696. The summed E-state index contributed by atoms with van der Waals surface area (Å²) >= 11 is 0. The van der Waals surface area contributed by atoms with Gasteiger partial charge in [-0.3, -0.25) is 15.2 Å². The monoisotopic (exact) mass is 316 g/mol. The molecule has 2 aromatic heterocycles. The molecule has 1 amide bonds. The van der Waals surface area contributed by atoms with E-state index in [1.54, 1.807) is 6.26 Å². The SMILES string of the molecule is CC1(C(=O)Nc2n[nH]c(CCc3ccco3)n2)CC2CCC1O2. The fourth-order valence-corrected chi connectivity index (χ4v) is 3.57. The number of carbonyl (C=O) groups is 1. The molecule has 4 rings (SSSR count). The molecule has 3 unspecified atom stereocenters. The number of furan rings is 1. The summed E-state index contributed by atoms with van der Waals surface area (Å²) in [6.45, 7) is 1.97. The Hall–Kier alpha value is -2.15. The number of hydrogen-bond acceptors (Lipinski definition) is 5. The second kappa shape index (κ2) is 5.49. The summed E-state index contributed by atoms with van der Waals surface area (Å²) in [7, 11) is 0. The van der Waals surface area contributed by atoms with Gasteiger partial charge in [0.15, 0.2) is 0 Å². The third-order valence-corrected chi connectivity index (χ3v) is 4.93. The van der Waals surface area contributed by atoms with Crippen molar-refractivity contribution < 1.29 is 13.9 Å². The molecule has 2 N–H and O–H groups in total. The fraction of sp³-hybridized carbons (Fsp3) is 0.562. The van der Waals surface area contributed by atoms with Gasteiger partial charge in [0.2, 0.25) is 11.9 Å². The summed E-state index contributed by atoms with van der Waals surface area (Å²) in [5.74, 6) is 1.90. The van der Waals surface area contributed by atoms with Crippen LogP contribution in [0.2, 0.25) is 0 Å². The molecule has 2 aromatic rings. The first-order valence-electron chi connectivity index (χ1n) is 8.04. The second-order valence-corrected chi connectivity index (χ2v) is 6.58. The van der Waals surface area contributed by atoms with Gasteiger partial charge in [-0.05, 0) is 38.3 Å². The molecule has 23 heavy (non-hydrogen) atoms. The Morgan fingerprint density at radius 2 is 2.39 bits per heavy atom. The lowest BCUT2D eigenvalue weighted by molar-refractivity contribution is -0.127. The number of anilines is 1. The maximum Gasteiger partial charge on any atom is 0.248 e. The summed E-state index contributed by atoms with van der Waals surface area (Å²) in [5.41, 5.74) is -0.474. The van der Waals surface area contributed by atoms with E-state index in [-0.39, 0.29) is 18.1 Å². The third-order valence-electron chi connectivity index (χ3n) is 4.93. The molecule has 3 atom stereocenters. The smallest absolute Gasteiger partial charge is 0.248 e. The Labute approximate surface area is 133 Å². The van der Waals surface area contributed by atoms with E-state index in [9.17, 15) is 4.79 Å². The molecule has 2 saturated heterocycles. The average molecular weight is 316 g/mol. The number of rotatable bonds is 5. The third kappa shape index (κ3) is 2.65. The van der Waals surface area contributed by atoms with Crippen LogP contribution in [-0.2, 0) is 22.4 Å². The molecule has 0 saturated carbocycles. The van der Waals surface area contributed by atoms with Gasteiger partial charge >= 0.3 is 0 Å². The van der Waals surface area contributed by atoms with Gasteiger partial charge in [0.05, 0.1) is 23.9 Å². The summed E-state index contributed by atoms with van der Waals surface area (Å²) in [6.07, 6.45) is 6.12. The Morgan fingerprint density at radius 1 is 1.48 bits per heavy atom. The minimum Gasteiger partial charge on any atom is -0.469 e. The maximum absolute atomic E-state index is 12.6. The molecule has 0 radical (unpaired) electrons. The zero-order valence-electron chi connectivity index (χ0n) is 13.0. The van der Waals surface area contributed by atoms with Crippen molar-refractivity contribution in [2.24, 2.45) is 5.41 Å². The predicted molar refractivity (Wildman–Crippen MR) is 81.7 cm³/mol. The Kier molecular flexibility index (Phi) is 3.45. The van der Waals surface area contributed by atoms with Gasteiger partial charge in [-0.15, -0.1) is 5.10 Å². The van der Waals surface area contributed by atoms with Crippen LogP contribution in [0.25, 0.3) is 0 Å². The van der Waals surface area contributed by atoms with Gasteiger partial charge < -0.3 is 9.15 Å². The maximum atomic E-state index is 12.6. The molecule has 4 heterocycles. The molecular weight excluding hydrogens is 296 g/mol. The Morgan fingerprint density at radius 3 is 3.09 bits per heavy atom. The average Bonchev–Trinajstić information content (AvgIpc) is 3.30. The van der Waals surface area contributed by atoms with Crippen molar-refractivity contribution in [3.05, 3.63) is 30.0 Å². The zero-order valence-corrected chi connectivity index (χ0v) is 13.0. The summed E-state index contributed by atoms with van der Waals surface area (Å²) in [4.78, 5) is 16.9. The first-order chi connectivity index (χ1) is 11.1. The quantitative estimate of drug-likeness (QED) is 0.881. The number of hydrogen-bond donors (Lipinski definition) is 2. The number of nitrogens with zero attached hydrogens (tertiary/aromatic N) is 2. The first kappa shape index (κ1) is 14.4. The van der Waals surface area contributed by atoms with Crippen molar-refractivity contribution in [2.75, 3.05) is 5.32 Å². The van der Waals surface area contributed by atoms with Crippen LogP contribution in [0.1, 0.15) is 37.8 Å². The molecule has 2 aliphatic rings. The van der Waals surface area contributed by atoms with Gasteiger partial charge in [0.1, 0.15) is 11.6 Å². The number of amides is 1. The molecule has 0 spiro atoms. The highest BCUT2D eigenvalue weighted by Crippen LogP contribution is 2.47. The van der Waals surface area contributed by atoms with Gasteiger partial charge in [0.25, 0.3) is 0 Å². The topological polar surface area (TPSA) is 93.0 Å². The molecule has 2 bridgehead atoms. The normalized spacial score (nSPS) is 29.1. The molecule has 2 fully saturated rings. The van der Waals surface area contributed by atoms with E-state index >= 15 is 0 Å². The molecular formula is C16H20N4O3. The van der Waals surface area contributed by atoms with Gasteiger partial charge in [-0.25, -0.2) is 0 Å². The number of fused-ring (bicyclic) bond motifs is 2. The minimum atomic E-state index is -0.474. The van der Waals surface area contributed by atoms with Crippen LogP contribution in [0.3, 0.4) is 0 Å². The van der Waals surface area contributed by atoms with Crippen LogP contribution in [0.4, 0.5) is 5.95 Å². The molecule has 0 aromatic carbocycles. The molecule has 122 valence electrons. The van der Waals surface area contributed by atoms with E-state index in [1.165, 1.54) is 0 Å². The van der Waals surface area contributed by atoms with Gasteiger partial charge in [0, 0.05) is 12.8 Å². The number of ether oxygens (including phenoxy) is 1. The van der Waals surface area contributed by atoms with Crippen LogP contribution >= 0.6 is 0 Å². The second-order valence-electron chi connectivity index (χ2n) is 6.58. The highest BCUT2D eigenvalue weighted by atomic mass is 16.5. The fourth-order valence-electron chi connectivity index (χ4n) is 3.57. The van der Waals surface area contributed by atoms with Gasteiger partial charge in [-0.1, -0.05) is 0 Å². The van der Waals surface area contributed by atoms with E-state index in [0.717, 1.165) is 37.3 Å². The lowest BCUT2D eigenvalue weighted by atomic mass is 9.75. The van der Waals surface area contributed by atoms with Crippen molar-refractivity contribution in [2.45, 2.75) is 51.2 Å². The van der Waals surface area contributed by atoms with E-state index in [0.29, 0.717) is 12.4 Å². The van der Waals surface area contributed by atoms with Crippen LogP contribution in [0, 0.1) is 5.41 Å². The molecule has 7 nitrogen and oxygen atoms in total. The molecule has 2 aliphatic heterocycles. The lowest BCUT2D eigenvalue weighted by Crippen LogP contribution is -2.41. The van der Waals surface area contributed by atoms with Crippen molar-refractivity contribution in [1.82, 2.24) is 15.2 Å². The van der Waals surface area contributed by atoms with Crippen LogP contribution in [0.15, 0.2) is 22.8 Å². The molecule has 0 aliphatic carbocycles. The van der Waals surface area contributed by atoms with E-state index in [1.807, 2.05) is 19.1 Å². The van der Waals surface area contributed by atoms with Crippen LogP contribution < -0.4 is 5.32 Å². The first-order valence-corrected chi connectivity index (χ1v) is 8.04. The van der Waals surface area contributed by atoms with Gasteiger partial charge in [-0.2, -0.15) is 4.98 Å². The van der Waals surface area contributed by atoms with Crippen molar-refractivity contribution in [3.8, 4) is 0 Å². The van der Waals surface area contributed by atoms with Crippen LogP contribution in [0.5, 0.6) is 0 Å². The predicted octanol–water partition coefficient (Wildman–Crippen LogP) is 2.08. The molecule has 7 heteroatoms. The van der Waals surface area contributed by atoms with Crippen molar-refractivity contribution in [3.63, 3.8) is 0 Å². The summed E-state index contributed by atoms with van der Waals surface area (Å²) in [6, 6.07) is 3.79. The lowest BCUT2D eigenvalue weighted by Gasteiger charge is -2.28. The van der Waals surface area contributed by atoms with E-state index < -0.39 is 5.41 Å². The standard InChI is InChI=1S/C16H20N4O3/c1-16(9-11-4-6-12(16)23-11)14(21)18-15-17-13(19-20-15)7-5-10-3-2-8-22-10/h2-3,8,11-12H,4-7,9H2,1H3,(H2,17,18,19,20,21). The Balaban J connectivity index is 1.37.